The van der Waals surface area contributed by atoms with Crippen LogP contribution in [0.3, 0.4) is 0 Å². The predicted molar refractivity (Wildman–Crippen MR) is 250 cm³/mol. The maximum Gasteiger partial charge on any atom is 0.160 e. The van der Waals surface area contributed by atoms with Gasteiger partial charge in [0.1, 0.15) is 0 Å². The van der Waals surface area contributed by atoms with E-state index < -0.39 is 0 Å². The number of pyridine rings is 1. The number of fused-ring (bicyclic) bond motifs is 6. The average molecular weight is 779 g/mol. The lowest BCUT2D eigenvalue weighted by atomic mass is 9.81. The van der Waals surface area contributed by atoms with Gasteiger partial charge in [-0.15, -0.1) is 0 Å². The fourth-order valence-electron chi connectivity index (χ4n) is 9.16. The van der Waals surface area contributed by atoms with Crippen LogP contribution < -0.4 is 0 Å². The van der Waals surface area contributed by atoms with Crippen LogP contribution in [0, 0.1) is 11.3 Å². The van der Waals surface area contributed by atoms with Gasteiger partial charge in [-0.3, -0.25) is 4.98 Å². The van der Waals surface area contributed by atoms with Crippen LogP contribution in [0.1, 0.15) is 30.5 Å². The fourth-order valence-corrected chi connectivity index (χ4v) is 9.16. The molecule has 1 aliphatic carbocycles. The molecule has 0 unspecified atom stereocenters. The third-order valence-electron chi connectivity index (χ3n) is 12.4. The fraction of sp³-hybridized carbons (Fsp3) is 0.0526. The van der Waals surface area contributed by atoms with Gasteiger partial charge in [-0.2, -0.15) is 5.26 Å². The highest BCUT2D eigenvalue weighted by atomic mass is 14.9. The molecule has 286 valence electrons. The monoisotopic (exact) mass is 778 g/mol. The smallest absolute Gasteiger partial charge is 0.160 e. The third-order valence-corrected chi connectivity index (χ3v) is 12.4. The van der Waals surface area contributed by atoms with E-state index in [0.717, 1.165) is 77.6 Å². The van der Waals surface area contributed by atoms with Gasteiger partial charge in [-0.05, 0) is 110 Å². The van der Waals surface area contributed by atoms with Crippen LogP contribution in [0.2, 0.25) is 0 Å². The van der Waals surface area contributed by atoms with Crippen molar-refractivity contribution in [2.45, 2.75) is 19.3 Å². The number of hydrogen-bond donors (Lipinski definition) is 0. The molecular formula is C57H38N4. The summed E-state index contributed by atoms with van der Waals surface area (Å²) in [6.45, 7) is 4.53. The quantitative estimate of drug-likeness (QED) is 0.158. The number of nitriles is 1. The molecule has 0 bridgehead atoms. The molecule has 10 aromatic rings. The van der Waals surface area contributed by atoms with Gasteiger partial charge in [0, 0.05) is 39.1 Å². The van der Waals surface area contributed by atoms with Crippen LogP contribution >= 0.6 is 0 Å². The van der Waals surface area contributed by atoms with E-state index in [0.29, 0.717) is 11.4 Å². The van der Waals surface area contributed by atoms with Gasteiger partial charge in [0.05, 0.1) is 28.5 Å². The summed E-state index contributed by atoms with van der Waals surface area (Å²) in [5.74, 6) is 0.670. The summed E-state index contributed by atoms with van der Waals surface area (Å²) >= 11 is 0. The van der Waals surface area contributed by atoms with E-state index >= 15 is 0 Å². The predicted octanol–water partition coefficient (Wildman–Crippen LogP) is 14.4. The molecule has 0 atom stereocenters. The Morgan fingerprint density at radius 3 is 1.84 bits per heavy atom. The second-order valence-electron chi connectivity index (χ2n) is 16.4. The second-order valence-corrected chi connectivity index (χ2v) is 16.4. The van der Waals surface area contributed by atoms with E-state index in [4.69, 9.17) is 15.0 Å². The first-order chi connectivity index (χ1) is 29.9. The Balaban J connectivity index is 1.12. The number of benzene rings is 8. The summed E-state index contributed by atoms with van der Waals surface area (Å²) in [6, 6.07) is 68.6. The Hall–Kier alpha value is -8.00. The standard InChI is InChI=1S/C57H38N4/c1-57(2)51-29-36(35-58)18-25-48(51)49-27-24-42(33-52(49)57)43-30-44(46-16-9-17-50-47(46)26-23-40-15-10-28-59-55(40)50)32-45(31-43)54-34-53(60-56(61-54)41-13-7-4-8-14-41)39-21-19-38(20-22-39)37-11-5-3-6-12-37/h3-34H,1-2H3. The van der Waals surface area contributed by atoms with Crippen molar-refractivity contribution in [3.63, 3.8) is 0 Å². The van der Waals surface area contributed by atoms with Crippen molar-refractivity contribution >= 4 is 21.7 Å². The van der Waals surface area contributed by atoms with E-state index in [1.807, 2.05) is 42.6 Å². The van der Waals surface area contributed by atoms with Crippen LogP contribution in [0.4, 0.5) is 0 Å². The Kier molecular flexibility index (Phi) is 8.51. The highest BCUT2D eigenvalue weighted by Gasteiger charge is 2.36. The Morgan fingerprint density at radius 1 is 0.426 bits per heavy atom. The van der Waals surface area contributed by atoms with Crippen molar-refractivity contribution in [3.8, 4) is 84.5 Å². The summed E-state index contributed by atoms with van der Waals surface area (Å²) in [5, 5.41) is 13.1. The van der Waals surface area contributed by atoms with Gasteiger partial charge in [-0.25, -0.2) is 9.97 Å². The van der Waals surface area contributed by atoms with Crippen molar-refractivity contribution < 1.29 is 0 Å². The highest BCUT2D eigenvalue weighted by molar-refractivity contribution is 6.10. The van der Waals surface area contributed by atoms with Crippen molar-refractivity contribution in [1.29, 1.82) is 5.26 Å². The first kappa shape index (κ1) is 36.1. The molecule has 0 saturated heterocycles. The average Bonchev–Trinajstić information content (AvgIpc) is 3.55. The minimum absolute atomic E-state index is 0.278. The molecule has 4 heteroatoms. The lowest BCUT2D eigenvalue weighted by molar-refractivity contribution is 0.660. The normalized spacial score (nSPS) is 12.5. The van der Waals surface area contributed by atoms with Crippen LogP contribution in [-0.4, -0.2) is 15.0 Å². The zero-order chi connectivity index (χ0) is 41.1. The van der Waals surface area contributed by atoms with Gasteiger partial charge < -0.3 is 0 Å². The van der Waals surface area contributed by atoms with Gasteiger partial charge in [-0.1, -0.05) is 153 Å². The van der Waals surface area contributed by atoms with Crippen LogP contribution in [-0.2, 0) is 5.41 Å². The van der Waals surface area contributed by atoms with E-state index in [9.17, 15) is 5.26 Å². The molecule has 0 amide bonds. The maximum absolute atomic E-state index is 9.76. The van der Waals surface area contributed by atoms with Crippen molar-refractivity contribution in [2.24, 2.45) is 0 Å². The highest BCUT2D eigenvalue weighted by Crippen LogP contribution is 2.50. The molecule has 2 heterocycles. The summed E-state index contributed by atoms with van der Waals surface area (Å²) < 4.78 is 0. The largest absolute Gasteiger partial charge is 0.256 e. The molecule has 11 rings (SSSR count). The number of hydrogen-bond acceptors (Lipinski definition) is 4. The first-order valence-corrected chi connectivity index (χ1v) is 20.6. The van der Waals surface area contributed by atoms with Gasteiger partial charge in [0.2, 0.25) is 0 Å². The molecule has 0 N–H and O–H groups in total. The topological polar surface area (TPSA) is 62.5 Å². The van der Waals surface area contributed by atoms with Crippen molar-refractivity contribution in [1.82, 2.24) is 15.0 Å². The van der Waals surface area contributed by atoms with Crippen LogP contribution in [0.25, 0.3) is 100 Å². The summed E-state index contributed by atoms with van der Waals surface area (Å²) in [5.41, 5.74) is 17.6. The van der Waals surface area contributed by atoms with Crippen LogP contribution in [0.5, 0.6) is 0 Å². The SMILES string of the molecule is CC1(C)c2cc(C#N)ccc2-c2ccc(-c3cc(-c4cc(-c5ccc(-c6ccccc6)cc5)nc(-c5ccccc5)n4)cc(-c4cccc5c4ccc4cccnc45)c3)cc21. The molecular weight excluding hydrogens is 741 g/mol. The van der Waals surface area contributed by atoms with E-state index in [1.54, 1.807) is 0 Å². The van der Waals surface area contributed by atoms with E-state index in [1.165, 1.54) is 27.8 Å². The molecule has 2 aromatic heterocycles. The van der Waals surface area contributed by atoms with Crippen LogP contribution in [0.15, 0.2) is 194 Å². The molecule has 1 aliphatic rings. The number of nitrogens with zero attached hydrogens (tertiary/aromatic N) is 4. The molecule has 61 heavy (non-hydrogen) atoms. The first-order valence-electron chi connectivity index (χ1n) is 20.6. The lowest BCUT2D eigenvalue weighted by Crippen LogP contribution is -2.15. The van der Waals surface area contributed by atoms with Crippen molar-refractivity contribution in [2.75, 3.05) is 0 Å². The Bertz CT molecular complexity index is 3380. The molecule has 0 aliphatic heterocycles. The molecule has 0 fully saturated rings. The third kappa shape index (κ3) is 6.27. The number of rotatable bonds is 6. The summed E-state index contributed by atoms with van der Waals surface area (Å²) in [7, 11) is 0. The second kappa shape index (κ2) is 14.4. The van der Waals surface area contributed by atoms with Gasteiger partial charge in [0.15, 0.2) is 5.82 Å². The maximum atomic E-state index is 9.76. The van der Waals surface area contributed by atoms with Crippen molar-refractivity contribution in [3.05, 3.63) is 211 Å². The minimum Gasteiger partial charge on any atom is -0.256 e. The Morgan fingerprint density at radius 2 is 1.07 bits per heavy atom. The van der Waals surface area contributed by atoms with E-state index in [-0.39, 0.29) is 5.41 Å². The summed E-state index contributed by atoms with van der Waals surface area (Å²) in [4.78, 5) is 15.3. The number of aromatic nitrogens is 3. The zero-order valence-electron chi connectivity index (χ0n) is 33.8. The Labute approximate surface area is 355 Å². The van der Waals surface area contributed by atoms with Gasteiger partial charge >= 0.3 is 0 Å². The zero-order valence-corrected chi connectivity index (χ0v) is 33.8. The molecule has 0 saturated carbocycles. The molecule has 8 aromatic carbocycles. The molecule has 0 radical (unpaired) electrons. The van der Waals surface area contributed by atoms with Gasteiger partial charge in [0.25, 0.3) is 0 Å². The minimum atomic E-state index is -0.278. The molecule has 0 spiro atoms. The summed E-state index contributed by atoms with van der Waals surface area (Å²) in [6.07, 6.45) is 1.87. The molecule has 4 nitrogen and oxygen atoms in total. The lowest BCUT2D eigenvalue weighted by Gasteiger charge is -2.22. The van der Waals surface area contributed by atoms with E-state index in [2.05, 4.69) is 172 Å².